The summed E-state index contributed by atoms with van der Waals surface area (Å²) >= 11 is 1.41. The quantitative estimate of drug-likeness (QED) is 0.638. The summed E-state index contributed by atoms with van der Waals surface area (Å²) in [7, 11) is 0. The minimum Gasteiger partial charge on any atom is -0.452 e. The molecule has 3 rings (SSSR count). The third-order valence-electron chi connectivity index (χ3n) is 4.67. The van der Waals surface area contributed by atoms with Crippen LogP contribution in [0.3, 0.4) is 0 Å². The second-order valence-electron chi connectivity index (χ2n) is 6.67. The van der Waals surface area contributed by atoms with Gasteiger partial charge in [-0.1, -0.05) is 55.5 Å². The Morgan fingerprint density at radius 3 is 2.34 bits per heavy atom. The molecule has 2 N–H and O–H groups in total. The fourth-order valence-electron chi connectivity index (χ4n) is 3.20. The molecule has 0 aliphatic carbocycles. The highest BCUT2D eigenvalue weighted by atomic mass is 32.2. The van der Waals surface area contributed by atoms with Gasteiger partial charge in [-0.25, -0.2) is 4.79 Å². The Hall–Kier alpha value is -1.90. The summed E-state index contributed by atoms with van der Waals surface area (Å²) in [5.41, 5.74) is 0.724. The molecule has 1 saturated heterocycles. The second kappa shape index (κ2) is 10.8. The van der Waals surface area contributed by atoms with Gasteiger partial charge < -0.3 is 24.4 Å². The van der Waals surface area contributed by atoms with Gasteiger partial charge in [0.2, 0.25) is 0 Å². The van der Waals surface area contributed by atoms with Crippen molar-refractivity contribution in [1.82, 2.24) is 0 Å². The van der Waals surface area contributed by atoms with E-state index < -0.39 is 35.8 Å². The van der Waals surface area contributed by atoms with Crippen LogP contribution in [0.4, 0.5) is 0 Å². The Morgan fingerprint density at radius 2 is 1.72 bits per heavy atom. The molecule has 0 aromatic heterocycles. The molecule has 5 atom stereocenters. The molecule has 2 aromatic rings. The van der Waals surface area contributed by atoms with E-state index in [4.69, 9.17) is 14.2 Å². The van der Waals surface area contributed by atoms with E-state index in [9.17, 15) is 15.0 Å². The third kappa shape index (κ3) is 5.58. The minimum absolute atomic E-state index is 0.243. The number of hydrogen-bond donors (Lipinski definition) is 2. The van der Waals surface area contributed by atoms with E-state index in [1.807, 2.05) is 43.3 Å². The second-order valence-corrected chi connectivity index (χ2v) is 8.04. The average Bonchev–Trinajstić information content (AvgIpc) is 2.76. The zero-order chi connectivity index (χ0) is 20.6. The number of aliphatic hydroxyl groups is 2. The number of benzene rings is 2. The Balaban J connectivity index is 1.75. The first-order valence-electron chi connectivity index (χ1n) is 9.61. The van der Waals surface area contributed by atoms with Crippen molar-refractivity contribution in [3.63, 3.8) is 0 Å². The van der Waals surface area contributed by atoms with Crippen LogP contribution in [0.25, 0.3) is 0 Å². The molecular weight excluding hydrogens is 392 g/mol. The Morgan fingerprint density at radius 1 is 1.07 bits per heavy atom. The number of ether oxygens (including phenoxy) is 3. The highest BCUT2D eigenvalue weighted by Gasteiger charge is 2.48. The van der Waals surface area contributed by atoms with Crippen LogP contribution in [0, 0.1) is 0 Å². The Labute approximate surface area is 174 Å². The van der Waals surface area contributed by atoms with Crippen LogP contribution >= 0.6 is 11.8 Å². The molecule has 1 heterocycles. The molecule has 0 unspecified atom stereocenters. The summed E-state index contributed by atoms with van der Waals surface area (Å²) in [6.07, 6.45) is -3.61. The van der Waals surface area contributed by atoms with Gasteiger partial charge in [-0.15, -0.1) is 11.8 Å². The van der Waals surface area contributed by atoms with Crippen LogP contribution in [0.1, 0.15) is 22.8 Å². The smallest absolute Gasteiger partial charge is 0.338 e. The predicted octanol–water partition coefficient (Wildman–Crippen LogP) is 2.63. The van der Waals surface area contributed by atoms with Crippen LogP contribution < -0.4 is 0 Å². The molecule has 0 radical (unpaired) electrons. The lowest BCUT2D eigenvalue weighted by Gasteiger charge is -2.43. The van der Waals surface area contributed by atoms with Crippen LogP contribution in [-0.2, 0) is 20.8 Å². The van der Waals surface area contributed by atoms with E-state index in [1.165, 1.54) is 11.8 Å². The zero-order valence-electron chi connectivity index (χ0n) is 16.2. The summed E-state index contributed by atoms with van der Waals surface area (Å²) in [6, 6.07) is 18.1. The van der Waals surface area contributed by atoms with Gasteiger partial charge >= 0.3 is 5.97 Å². The van der Waals surface area contributed by atoms with Crippen molar-refractivity contribution < 1.29 is 29.2 Å². The lowest BCUT2D eigenvalue weighted by Crippen LogP contribution is -2.59. The van der Waals surface area contributed by atoms with E-state index in [1.54, 1.807) is 24.3 Å². The molecule has 1 fully saturated rings. The number of thioether (sulfide) groups is 1. The predicted molar refractivity (Wildman–Crippen MR) is 111 cm³/mol. The standard InChI is InChI=1S/C22H26O6S/c1-2-29-22-20(28-21(25)16-11-7-4-8-12-16)18(24)19(17(13-23)27-22)26-14-15-9-5-3-6-10-15/h3-12,17-20,22-24H,2,13-14H2,1H3/t17-,18+,19-,20-,22+/m1/s1. The van der Waals surface area contributed by atoms with Crippen LogP contribution in [0.2, 0.25) is 0 Å². The summed E-state index contributed by atoms with van der Waals surface area (Å²) in [5, 5.41) is 20.8. The molecule has 0 amide bonds. The average molecular weight is 419 g/mol. The van der Waals surface area contributed by atoms with Gasteiger partial charge in [-0.3, -0.25) is 0 Å². The SMILES string of the molecule is CCS[C@@H]1O[C@H](CO)[C@@H](OCc2ccccc2)[C@H](O)[C@H]1OC(=O)c1ccccc1. The van der Waals surface area contributed by atoms with Crippen LogP contribution in [0.5, 0.6) is 0 Å². The molecule has 1 aliphatic heterocycles. The first-order valence-corrected chi connectivity index (χ1v) is 10.7. The van der Waals surface area contributed by atoms with Gasteiger partial charge in [-0.2, -0.15) is 0 Å². The normalized spacial score (nSPS) is 26.8. The van der Waals surface area contributed by atoms with Crippen molar-refractivity contribution >= 4 is 17.7 Å². The maximum Gasteiger partial charge on any atom is 0.338 e. The van der Waals surface area contributed by atoms with Crippen molar-refractivity contribution in [3.05, 3.63) is 71.8 Å². The topological polar surface area (TPSA) is 85.2 Å². The number of carbonyl (C=O) groups is 1. The number of esters is 1. The minimum atomic E-state index is -1.14. The molecule has 0 saturated carbocycles. The molecule has 7 heteroatoms. The molecule has 1 aliphatic rings. The summed E-state index contributed by atoms with van der Waals surface area (Å²) < 4.78 is 17.5. The Bertz CT molecular complexity index is 756. The molecule has 0 spiro atoms. The monoisotopic (exact) mass is 418 g/mol. The van der Waals surface area contributed by atoms with E-state index in [2.05, 4.69) is 0 Å². The van der Waals surface area contributed by atoms with Crippen LogP contribution in [-0.4, -0.2) is 58.4 Å². The van der Waals surface area contributed by atoms with E-state index in [-0.39, 0.29) is 13.2 Å². The molecule has 2 aromatic carbocycles. The number of rotatable bonds is 8. The highest BCUT2D eigenvalue weighted by molar-refractivity contribution is 7.99. The number of carbonyl (C=O) groups excluding carboxylic acids is 1. The van der Waals surface area contributed by atoms with Crippen molar-refractivity contribution in [2.24, 2.45) is 0 Å². The highest BCUT2D eigenvalue weighted by Crippen LogP contribution is 2.32. The molecule has 29 heavy (non-hydrogen) atoms. The van der Waals surface area contributed by atoms with Gasteiger partial charge in [0, 0.05) is 0 Å². The van der Waals surface area contributed by atoms with Gasteiger partial charge in [0.1, 0.15) is 23.7 Å². The molecular formula is C22H26O6S. The number of aliphatic hydroxyl groups excluding tert-OH is 2. The maximum atomic E-state index is 12.6. The molecule has 0 bridgehead atoms. The van der Waals surface area contributed by atoms with Crippen molar-refractivity contribution in [1.29, 1.82) is 0 Å². The van der Waals surface area contributed by atoms with Gasteiger partial charge in [0.15, 0.2) is 6.10 Å². The lowest BCUT2D eigenvalue weighted by atomic mass is 9.99. The fraction of sp³-hybridized carbons (Fsp3) is 0.409. The van der Waals surface area contributed by atoms with E-state index >= 15 is 0 Å². The molecule has 6 nitrogen and oxygen atoms in total. The van der Waals surface area contributed by atoms with Crippen LogP contribution in [0.15, 0.2) is 60.7 Å². The van der Waals surface area contributed by atoms with Gasteiger partial charge in [-0.05, 0) is 23.4 Å². The van der Waals surface area contributed by atoms with E-state index in [0.717, 1.165) is 5.56 Å². The van der Waals surface area contributed by atoms with Gasteiger partial charge in [0.05, 0.1) is 18.8 Å². The largest absolute Gasteiger partial charge is 0.452 e. The van der Waals surface area contributed by atoms with Crippen molar-refractivity contribution in [2.75, 3.05) is 12.4 Å². The zero-order valence-corrected chi connectivity index (χ0v) is 17.0. The van der Waals surface area contributed by atoms with Gasteiger partial charge in [0.25, 0.3) is 0 Å². The summed E-state index contributed by atoms with van der Waals surface area (Å²) in [4.78, 5) is 12.6. The fourth-order valence-corrected chi connectivity index (χ4v) is 4.16. The third-order valence-corrected chi connectivity index (χ3v) is 5.71. The summed E-state index contributed by atoms with van der Waals surface area (Å²) in [5.74, 6) is 0.161. The summed E-state index contributed by atoms with van der Waals surface area (Å²) in [6.45, 7) is 1.88. The Kier molecular flexibility index (Phi) is 8.09. The van der Waals surface area contributed by atoms with Crippen molar-refractivity contribution in [3.8, 4) is 0 Å². The first-order chi connectivity index (χ1) is 14.1. The van der Waals surface area contributed by atoms with Crippen molar-refractivity contribution in [2.45, 2.75) is 43.4 Å². The molecule has 156 valence electrons. The number of hydrogen-bond acceptors (Lipinski definition) is 7. The lowest BCUT2D eigenvalue weighted by molar-refractivity contribution is -0.224. The first kappa shape index (κ1) is 21.8. The maximum absolute atomic E-state index is 12.6. The van der Waals surface area contributed by atoms with E-state index in [0.29, 0.717) is 11.3 Å².